The third kappa shape index (κ3) is 2.84. The lowest BCUT2D eigenvalue weighted by Gasteiger charge is -2.08. The van der Waals surface area contributed by atoms with E-state index in [0.29, 0.717) is 13.0 Å². The number of hydrogen-bond donors (Lipinski definition) is 2. The first-order chi connectivity index (χ1) is 8.56. The number of pyridine rings is 1. The summed E-state index contributed by atoms with van der Waals surface area (Å²) in [6.07, 6.45) is 0.754. The summed E-state index contributed by atoms with van der Waals surface area (Å²) in [7, 11) is 0. The molecule has 1 fully saturated rings. The minimum Gasteiger partial charge on any atom is -0.477 e. The molecular weight excluding hydrogens is 236 g/mol. The fourth-order valence-electron chi connectivity index (χ4n) is 1.85. The Bertz CT molecular complexity index is 475. The fraction of sp³-hybridized carbons (Fsp3) is 0.417. The second-order valence-corrected chi connectivity index (χ2v) is 4.28. The van der Waals surface area contributed by atoms with Gasteiger partial charge in [-0.25, -0.2) is 9.78 Å². The molecule has 0 bridgehead atoms. The van der Waals surface area contributed by atoms with E-state index in [0.717, 1.165) is 0 Å². The first kappa shape index (κ1) is 12.5. The number of hydrogen-bond acceptors (Lipinski definition) is 4. The SMILES string of the molecule is CC1CC(C(=O)Nc2cccc(C(=O)O)n2)CO1. The van der Waals surface area contributed by atoms with Crippen molar-refractivity contribution in [1.29, 1.82) is 0 Å². The van der Waals surface area contributed by atoms with Crippen LogP contribution in [0.3, 0.4) is 0 Å². The molecule has 2 atom stereocenters. The highest BCUT2D eigenvalue weighted by atomic mass is 16.5. The zero-order valence-electron chi connectivity index (χ0n) is 9.92. The van der Waals surface area contributed by atoms with Crippen LogP contribution in [0.15, 0.2) is 18.2 Å². The number of carbonyl (C=O) groups excluding carboxylic acids is 1. The Labute approximate surface area is 104 Å². The molecule has 0 spiro atoms. The van der Waals surface area contributed by atoms with E-state index in [2.05, 4.69) is 10.3 Å². The van der Waals surface area contributed by atoms with E-state index >= 15 is 0 Å². The number of carboxylic acid groups (broad SMARTS) is 1. The molecule has 1 amide bonds. The van der Waals surface area contributed by atoms with Crippen LogP contribution in [-0.4, -0.2) is 34.7 Å². The fourth-order valence-corrected chi connectivity index (χ4v) is 1.85. The predicted octanol–water partition coefficient (Wildman–Crippen LogP) is 1.14. The molecule has 96 valence electrons. The zero-order valence-corrected chi connectivity index (χ0v) is 9.92. The van der Waals surface area contributed by atoms with Gasteiger partial charge in [0.2, 0.25) is 5.91 Å². The molecule has 0 aliphatic carbocycles. The number of anilines is 1. The van der Waals surface area contributed by atoms with Crippen molar-refractivity contribution in [3.8, 4) is 0 Å². The predicted molar refractivity (Wildman–Crippen MR) is 63.3 cm³/mol. The normalized spacial score (nSPS) is 22.7. The van der Waals surface area contributed by atoms with E-state index in [9.17, 15) is 9.59 Å². The average molecular weight is 250 g/mol. The number of aromatic carboxylic acids is 1. The first-order valence-corrected chi connectivity index (χ1v) is 5.69. The first-order valence-electron chi connectivity index (χ1n) is 5.69. The van der Waals surface area contributed by atoms with Crippen LogP contribution in [0.1, 0.15) is 23.8 Å². The highest BCUT2D eigenvalue weighted by molar-refractivity contribution is 5.93. The van der Waals surface area contributed by atoms with E-state index in [-0.39, 0.29) is 29.4 Å². The number of carbonyl (C=O) groups is 2. The summed E-state index contributed by atoms with van der Waals surface area (Å²) in [6, 6.07) is 4.47. The van der Waals surface area contributed by atoms with Gasteiger partial charge in [0.05, 0.1) is 18.6 Å². The van der Waals surface area contributed by atoms with E-state index in [4.69, 9.17) is 9.84 Å². The number of carboxylic acids is 1. The van der Waals surface area contributed by atoms with Crippen molar-refractivity contribution in [3.05, 3.63) is 23.9 Å². The average Bonchev–Trinajstić information content (AvgIpc) is 2.76. The summed E-state index contributed by atoms with van der Waals surface area (Å²) < 4.78 is 5.31. The second kappa shape index (κ2) is 5.14. The van der Waals surface area contributed by atoms with Crippen molar-refractivity contribution in [2.24, 2.45) is 5.92 Å². The number of amides is 1. The largest absolute Gasteiger partial charge is 0.477 e. The second-order valence-electron chi connectivity index (χ2n) is 4.28. The van der Waals surface area contributed by atoms with Crippen molar-refractivity contribution in [2.45, 2.75) is 19.4 Å². The van der Waals surface area contributed by atoms with E-state index in [1.165, 1.54) is 6.07 Å². The van der Waals surface area contributed by atoms with Crippen LogP contribution >= 0.6 is 0 Å². The molecule has 1 aromatic heterocycles. The van der Waals surface area contributed by atoms with E-state index in [1.54, 1.807) is 12.1 Å². The Hall–Kier alpha value is -1.95. The van der Waals surface area contributed by atoms with E-state index < -0.39 is 5.97 Å². The summed E-state index contributed by atoms with van der Waals surface area (Å²) in [5, 5.41) is 11.4. The van der Waals surface area contributed by atoms with Crippen molar-refractivity contribution < 1.29 is 19.4 Å². The minimum atomic E-state index is -1.12. The maximum absolute atomic E-state index is 11.9. The van der Waals surface area contributed by atoms with Gasteiger partial charge in [0, 0.05) is 0 Å². The number of aromatic nitrogens is 1. The highest BCUT2D eigenvalue weighted by Crippen LogP contribution is 2.20. The molecule has 6 nitrogen and oxygen atoms in total. The molecule has 2 N–H and O–H groups in total. The number of nitrogens with zero attached hydrogens (tertiary/aromatic N) is 1. The monoisotopic (exact) mass is 250 g/mol. The lowest BCUT2D eigenvalue weighted by atomic mass is 10.1. The summed E-state index contributed by atoms with van der Waals surface area (Å²) in [5.41, 5.74) is -0.0937. The number of rotatable bonds is 3. The third-order valence-electron chi connectivity index (χ3n) is 2.79. The molecule has 1 aliphatic heterocycles. The highest BCUT2D eigenvalue weighted by Gasteiger charge is 2.28. The van der Waals surface area contributed by atoms with Crippen LogP contribution in [0.25, 0.3) is 0 Å². The van der Waals surface area contributed by atoms with Gasteiger partial charge in [-0.05, 0) is 25.5 Å². The van der Waals surface area contributed by atoms with E-state index in [1.807, 2.05) is 6.92 Å². The quantitative estimate of drug-likeness (QED) is 0.839. The van der Waals surface area contributed by atoms with Crippen molar-refractivity contribution in [1.82, 2.24) is 4.98 Å². The lowest BCUT2D eigenvalue weighted by Crippen LogP contribution is -2.23. The molecular formula is C12H14N2O4. The summed E-state index contributed by atoms with van der Waals surface area (Å²) in [4.78, 5) is 26.4. The minimum absolute atomic E-state index is 0.0825. The molecule has 6 heteroatoms. The van der Waals surface area contributed by atoms with Gasteiger partial charge in [-0.15, -0.1) is 0 Å². The zero-order chi connectivity index (χ0) is 13.1. The Morgan fingerprint density at radius 2 is 2.28 bits per heavy atom. The molecule has 0 aromatic carbocycles. The van der Waals surface area contributed by atoms with Gasteiger partial charge >= 0.3 is 5.97 Å². The molecule has 18 heavy (non-hydrogen) atoms. The van der Waals surface area contributed by atoms with Crippen LogP contribution in [0, 0.1) is 5.92 Å². The van der Waals surface area contributed by atoms with Crippen LogP contribution in [-0.2, 0) is 9.53 Å². The van der Waals surface area contributed by atoms with Crippen LogP contribution in [0.4, 0.5) is 5.82 Å². The molecule has 1 saturated heterocycles. The number of ether oxygens (including phenoxy) is 1. The van der Waals surface area contributed by atoms with Crippen molar-refractivity contribution in [3.63, 3.8) is 0 Å². The topological polar surface area (TPSA) is 88.5 Å². The molecule has 2 unspecified atom stereocenters. The maximum atomic E-state index is 11.9. The van der Waals surface area contributed by atoms with Crippen molar-refractivity contribution in [2.75, 3.05) is 11.9 Å². The summed E-state index contributed by atoms with van der Waals surface area (Å²) in [5.74, 6) is -1.26. The van der Waals surface area contributed by atoms with Gasteiger partial charge in [0.1, 0.15) is 5.82 Å². The third-order valence-corrected chi connectivity index (χ3v) is 2.79. The smallest absolute Gasteiger partial charge is 0.354 e. The Morgan fingerprint density at radius 1 is 1.50 bits per heavy atom. The van der Waals surface area contributed by atoms with Crippen molar-refractivity contribution >= 4 is 17.7 Å². The van der Waals surface area contributed by atoms with Gasteiger partial charge in [-0.2, -0.15) is 0 Å². The Morgan fingerprint density at radius 3 is 2.89 bits per heavy atom. The van der Waals surface area contributed by atoms with Gasteiger partial charge in [-0.3, -0.25) is 4.79 Å². The lowest BCUT2D eigenvalue weighted by molar-refractivity contribution is -0.119. The maximum Gasteiger partial charge on any atom is 0.354 e. The van der Waals surface area contributed by atoms with Gasteiger partial charge in [0.15, 0.2) is 5.69 Å². The Balaban J connectivity index is 2.03. The standard InChI is InChI=1S/C12H14N2O4/c1-7-5-8(6-18-7)11(15)14-10-4-2-3-9(13-10)12(16)17/h2-4,7-8H,5-6H2,1H3,(H,16,17)(H,13,14,15). The van der Waals surface area contributed by atoms with Crippen LogP contribution in [0.5, 0.6) is 0 Å². The molecule has 2 heterocycles. The summed E-state index contributed by atoms with van der Waals surface area (Å²) in [6.45, 7) is 2.31. The van der Waals surface area contributed by atoms with Gasteiger partial charge < -0.3 is 15.2 Å². The molecule has 1 aliphatic rings. The summed E-state index contributed by atoms with van der Waals surface area (Å²) >= 11 is 0. The number of nitrogens with one attached hydrogen (secondary N) is 1. The van der Waals surface area contributed by atoms with Crippen LogP contribution < -0.4 is 5.32 Å². The van der Waals surface area contributed by atoms with Gasteiger partial charge in [0.25, 0.3) is 0 Å². The van der Waals surface area contributed by atoms with Crippen LogP contribution in [0.2, 0.25) is 0 Å². The molecule has 1 aromatic rings. The van der Waals surface area contributed by atoms with Gasteiger partial charge in [-0.1, -0.05) is 6.07 Å². The molecule has 2 rings (SSSR count). The molecule has 0 radical (unpaired) electrons. The Kier molecular flexibility index (Phi) is 3.57. The molecule has 0 saturated carbocycles.